The van der Waals surface area contributed by atoms with Gasteiger partial charge in [0.1, 0.15) is 48.8 Å². The first-order chi connectivity index (χ1) is 21.2. The predicted octanol–water partition coefficient (Wildman–Crippen LogP) is -2.71. The van der Waals surface area contributed by atoms with E-state index in [1.807, 2.05) is 0 Å². The Morgan fingerprint density at radius 3 is 1.34 bits per heavy atom. The summed E-state index contributed by atoms with van der Waals surface area (Å²) in [6.45, 7) is -1.38. The number of fused-ring (bicyclic) bond motifs is 2. The van der Waals surface area contributed by atoms with Crippen molar-refractivity contribution in [1.29, 1.82) is 0 Å². The second-order valence-corrected chi connectivity index (χ2v) is 10.8. The molecule has 2 fully saturated rings. The summed E-state index contributed by atoms with van der Waals surface area (Å²) in [4.78, 5) is 0. The summed E-state index contributed by atoms with van der Waals surface area (Å²) in [5, 5.41) is 80.3. The fourth-order valence-electron chi connectivity index (χ4n) is 5.40. The van der Waals surface area contributed by atoms with Crippen LogP contribution in [0.3, 0.4) is 0 Å². The lowest BCUT2D eigenvalue weighted by molar-refractivity contribution is -0.277. The number of rotatable bonds is 9. The van der Waals surface area contributed by atoms with Gasteiger partial charge in [0.05, 0.1) is 13.2 Å². The molecule has 0 spiro atoms. The summed E-state index contributed by atoms with van der Waals surface area (Å²) in [5.74, 6) is 1.56. The van der Waals surface area contributed by atoms with Gasteiger partial charge in [-0.15, -0.1) is 0 Å². The van der Waals surface area contributed by atoms with E-state index in [9.17, 15) is 40.9 Å². The van der Waals surface area contributed by atoms with Gasteiger partial charge in [0.2, 0.25) is 37.7 Å². The molecule has 0 aromatic heterocycles. The Labute approximate surface area is 250 Å². The third-order valence-corrected chi connectivity index (χ3v) is 7.88. The van der Waals surface area contributed by atoms with Crippen molar-refractivity contribution in [3.8, 4) is 34.5 Å². The summed E-state index contributed by atoms with van der Waals surface area (Å²) in [5.41, 5.74) is 1.45. The van der Waals surface area contributed by atoms with Gasteiger partial charge in [0, 0.05) is 0 Å². The SMILES string of the molecule is OC[C@H]1O[C@@H](Oc2cc(CCc3cc4c(c(O[C@@H]5O[C@H](CO)[C@@H](O)[C@H](O)[C@H]5O)c3)OCO4)cc3c2OCO3)[C@H](O)[C@@H](O)[C@@H]1O. The standard InChI is InChI=1S/C28H34O16/c29-7-17-19(31)21(33)23(35)27(43-17)41-15-5-11(3-13-25(15)39-9-37-13)1-2-12-4-14-26(40-10-38-14)16(6-12)42-28-24(36)22(34)20(32)18(8-30)44-28/h3-6,17-24,27-36H,1-2,7-10H2/t17-,18-,19-,20-,21+,22+,23-,24-,27-,28-/m1/s1. The molecule has 4 aliphatic rings. The molecule has 0 unspecified atom stereocenters. The molecule has 4 aliphatic heterocycles. The van der Waals surface area contributed by atoms with Crippen molar-refractivity contribution in [2.24, 2.45) is 0 Å². The zero-order valence-corrected chi connectivity index (χ0v) is 23.2. The van der Waals surface area contributed by atoms with Crippen LogP contribution in [0.4, 0.5) is 0 Å². The Hall–Kier alpha value is -3.16. The van der Waals surface area contributed by atoms with E-state index in [4.69, 9.17) is 37.9 Å². The zero-order chi connectivity index (χ0) is 31.1. The molecule has 6 rings (SSSR count). The van der Waals surface area contributed by atoms with Crippen LogP contribution in [0.2, 0.25) is 0 Å². The van der Waals surface area contributed by atoms with Gasteiger partial charge < -0.3 is 78.7 Å². The summed E-state index contributed by atoms with van der Waals surface area (Å²) in [6, 6.07) is 6.79. The molecule has 10 atom stereocenters. The number of ether oxygens (including phenoxy) is 8. The van der Waals surface area contributed by atoms with Gasteiger partial charge in [0.25, 0.3) is 0 Å². The normalized spacial score (nSPS) is 34.2. The van der Waals surface area contributed by atoms with E-state index < -0.39 is 74.6 Å². The maximum atomic E-state index is 10.4. The molecule has 2 aromatic carbocycles. The Kier molecular flexibility index (Phi) is 8.89. The van der Waals surface area contributed by atoms with E-state index in [2.05, 4.69) is 0 Å². The maximum Gasteiger partial charge on any atom is 0.231 e. The number of hydrogen-bond acceptors (Lipinski definition) is 16. The molecule has 0 amide bonds. The molecule has 2 aromatic rings. The Bertz CT molecular complexity index is 1220. The number of aliphatic hydroxyl groups is 8. The number of benzene rings is 2. The minimum absolute atomic E-state index is 0.0787. The summed E-state index contributed by atoms with van der Waals surface area (Å²) in [6.07, 6.45) is -13.9. The lowest BCUT2D eigenvalue weighted by Gasteiger charge is -2.39. The van der Waals surface area contributed by atoms with Crippen LogP contribution in [-0.4, -0.2) is 129 Å². The molecule has 0 saturated carbocycles. The van der Waals surface area contributed by atoms with Gasteiger partial charge in [-0.3, -0.25) is 0 Å². The van der Waals surface area contributed by atoms with E-state index in [0.717, 1.165) is 11.1 Å². The van der Waals surface area contributed by atoms with Crippen molar-refractivity contribution in [2.75, 3.05) is 26.8 Å². The predicted molar refractivity (Wildman–Crippen MR) is 141 cm³/mol. The van der Waals surface area contributed by atoms with Crippen molar-refractivity contribution < 1.29 is 78.7 Å². The highest BCUT2D eigenvalue weighted by Crippen LogP contribution is 2.45. The maximum absolute atomic E-state index is 10.4. The van der Waals surface area contributed by atoms with E-state index in [-0.39, 0.29) is 36.6 Å². The summed E-state index contributed by atoms with van der Waals surface area (Å²) < 4.78 is 44.8. The van der Waals surface area contributed by atoms with Gasteiger partial charge in [-0.25, -0.2) is 0 Å². The van der Waals surface area contributed by atoms with Crippen molar-refractivity contribution >= 4 is 0 Å². The van der Waals surface area contributed by atoms with Gasteiger partial charge in [-0.05, 0) is 48.2 Å². The third-order valence-electron chi connectivity index (χ3n) is 7.88. The molecule has 2 saturated heterocycles. The van der Waals surface area contributed by atoms with Gasteiger partial charge in [0.15, 0.2) is 23.0 Å². The number of aryl methyl sites for hydroxylation is 2. The molecule has 4 heterocycles. The molecule has 44 heavy (non-hydrogen) atoms. The van der Waals surface area contributed by atoms with E-state index in [1.165, 1.54) is 0 Å². The lowest BCUT2D eigenvalue weighted by atomic mass is 9.99. The fraction of sp³-hybridized carbons (Fsp3) is 0.571. The lowest BCUT2D eigenvalue weighted by Crippen LogP contribution is -2.60. The molecule has 242 valence electrons. The third kappa shape index (κ3) is 5.81. The molecule has 8 N–H and O–H groups in total. The first-order valence-corrected chi connectivity index (χ1v) is 14.0. The topological polar surface area (TPSA) is 236 Å². The highest BCUT2D eigenvalue weighted by Gasteiger charge is 2.46. The van der Waals surface area contributed by atoms with Gasteiger partial charge >= 0.3 is 0 Å². The van der Waals surface area contributed by atoms with E-state index in [0.29, 0.717) is 24.3 Å². The van der Waals surface area contributed by atoms with Crippen LogP contribution in [0.1, 0.15) is 11.1 Å². The molecule has 0 radical (unpaired) electrons. The molecule has 0 bridgehead atoms. The first kappa shape index (κ1) is 30.8. The van der Waals surface area contributed by atoms with Crippen LogP contribution in [0.15, 0.2) is 24.3 Å². The van der Waals surface area contributed by atoms with Gasteiger partial charge in [-0.1, -0.05) is 0 Å². The molecular formula is C28H34O16. The van der Waals surface area contributed by atoms with Crippen LogP contribution < -0.4 is 28.4 Å². The largest absolute Gasteiger partial charge is 0.458 e. The van der Waals surface area contributed by atoms with Crippen LogP contribution in [0.25, 0.3) is 0 Å². The summed E-state index contributed by atoms with van der Waals surface area (Å²) in [7, 11) is 0. The average Bonchev–Trinajstić information content (AvgIpc) is 3.70. The highest BCUT2D eigenvalue weighted by atomic mass is 16.7. The van der Waals surface area contributed by atoms with E-state index in [1.54, 1.807) is 24.3 Å². The molecule has 16 heteroatoms. The second kappa shape index (κ2) is 12.7. The van der Waals surface area contributed by atoms with Crippen LogP contribution >= 0.6 is 0 Å². The minimum atomic E-state index is -1.62. The summed E-state index contributed by atoms with van der Waals surface area (Å²) >= 11 is 0. The fourth-order valence-corrected chi connectivity index (χ4v) is 5.40. The van der Waals surface area contributed by atoms with Crippen molar-refractivity contribution in [3.63, 3.8) is 0 Å². The van der Waals surface area contributed by atoms with Crippen molar-refractivity contribution in [1.82, 2.24) is 0 Å². The van der Waals surface area contributed by atoms with E-state index >= 15 is 0 Å². The highest BCUT2D eigenvalue weighted by molar-refractivity contribution is 5.57. The first-order valence-electron chi connectivity index (χ1n) is 14.0. The Morgan fingerprint density at radius 1 is 0.545 bits per heavy atom. The number of hydrogen-bond donors (Lipinski definition) is 8. The second-order valence-electron chi connectivity index (χ2n) is 10.8. The van der Waals surface area contributed by atoms with Gasteiger partial charge in [-0.2, -0.15) is 0 Å². The molecular weight excluding hydrogens is 592 g/mol. The Balaban J connectivity index is 1.20. The number of aliphatic hydroxyl groups excluding tert-OH is 8. The van der Waals surface area contributed by atoms with Crippen molar-refractivity contribution in [3.05, 3.63) is 35.4 Å². The monoisotopic (exact) mass is 626 g/mol. The smallest absolute Gasteiger partial charge is 0.231 e. The minimum Gasteiger partial charge on any atom is -0.458 e. The van der Waals surface area contributed by atoms with Crippen molar-refractivity contribution in [2.45, 2.75) is 74.3 Å². The molecule has 16 nitrogen and oxygen atoms in total. The molecule has 0 aliphatic carbocycles. The van der Waals surface area contributed by atoms with Crippen LogP contribution in [0.5, 0.6) is 34.5 Å². The average molecular weight is 627 g/mol. The van der Waals surface area contributed by atoms with Crippen LogP contribution in [-0.2, 0) is 22.3 Å². The quantitative estimate of drug-likeness (QED) is 0.141. The zero-order valence-electron chi connectivity index (χ0n) is 23.2. The van der Waals surface area contributed by atoms with Crippen LogP contribution in [0, 0.1) is 0 Å². The Morgan fingerprint density at radius 2 is 0.955 bits per heavy atom.